The summed E-state index contributed by atoms with van der Waals surface area (Å²) in [6.07, 6.45) is 18.1. The fourth-order valence-corrected chi connectivity index (χ4v) is 1.48. The summed E-state index contributed by atoms with van der Waals surface area (Å²) in [5.74, 6) is 0. The van der Waals surface area contributed by atoms with Gasteiger partial charge in [-0.2, -0.15) is 5.26 Å². The molecule has 1 nitrogen and oxygen atoms in total. The van der Waals surface area contributed by atoms with Crippen molar-refractivity contribution < 1.29 is 0 Å². The molecule has 0 N–H and O–H groups in total. The van der Waals surface area contributed by atoms with E-state index in [1.807, 2.05) is 12.1 Å². The standard InChI is InChI=1S/C14H23N/c1-2-3-4-5-6-7-8-9-10-11-12-13-14-15/h3-4,12-13H,2,5-11H2,1H3/b4-3?,13-12-. The molecule has 84 valence electrons. The lowest BCUT2D eigenvalue weighted by Crippen LogP contribution is -1.78. The van der Waals surface area contributed by atoms with E-state index in [1.54, 1.807) is 6.08 Å². The van der Waals surface area contributed by atoms with E-state index in [0.29, 0.717) is 0 Å². The molecule has 0 unspecified atom stereocenters. The molecule has 0 aliphatic rings. The Hall–Kier alpha value is -1.03. The molecule has 15 heavy (non-hydrogen) atoms. The van der Waals surface area contributed by atoms with Gasteiger partial charge in [0, 0.05) is 6.08 Å². The zero-order valence-corrected chi connectivity index (χ0v) is 9.91. The van der Waals surface area contributed by atoms with E-state index in [2.05, 4.69) is 19.1 Å². The van der Waals surface area contributed by atoms with Crippen molar-refractivity contribution in [2.24, 2.45) is 0 Å². The second-order valence-electron chi connectivity index (χ2n) is 3.76. The number of hydrogen-bond donors (Lipinski definition) is 0. The fourth-order valence-electron chi connectivity index (χ4n) is 1.48. The Morgan fingerprint density at radius 1 is 0.867 bits per heavy atom. The van der Waals surface area contributed by atoms with Gasteiger partial charge in [0.1, 0.15) is 0 Å². The Morgan fingerprint density at radius 3 is 2.07 bits per heavy atom. The van der Waals surface area contributed by atoms with Crippen LogP contribution in [0.2, 0.25) is 0 Å². The quantitative estimate of drug-likeness (QED) is 0.302. The lowest BCUT2D eigenvalue weighted by molar-refractivity contribution is 0.622. The maximum atomic E-state index is 8.27. The van der Waals surface area contributed by atoms with Crippen LogP contribution in [0.15, 0.2) is 24.3 Å². The first-order valence-corrected chi connectivity index (χ1v) is 6.11. The van der Waals surface area contributed by atoms with E-state index in [4.69, 9.17) is 5.26 Å². The predicted molar refractivity (Wildman–Crippen MR) is 66.5 cm³/mol. The summed E-state index contributed by atoms with van der Waals surface area (Å²) in [6, 6.07) is 2.01. The van der Waals surface area contributed by atoms with Crippen molar-refractivity contribution in [1.29, 1.82) is 5.26 Å². The number of unbranched alkanes of at least 4 members (excludes halogenated alkanes) is 6. The number of nitrogens with zero attached hydrogens (tertiary/aromatic N) is 1. The summed E-state index contributed by atoms with van der Waals surface area (Å²) in [6.45, 7) is 2.17. The number of allylic oxidation sites excluding steroid dienone is 4. The van der Waals surface area contributed by atoms with Crippen LogP contribution in [0.4, 0.5) is 0 Å². The first-order chi connectivity index (χ1) is 7.41. The normalized spacial score (nSPS) is 11.2. The van der Waals surface area contributed by atoms with Crippen LogP contribution in [0, 0.1) is 11.3 Å². The van der Waals surface area contributed by atoms with Crippen molar-refractivity contribution in [3.63, 3.8) is 0 Å². The van der Waals surface area contributed by atoms with E-state index in [1.165, 1.54) is 38.5 Å². The summed E-state index contributed by atoms with van der Waals surface area (Å²) >= 11 is 0. The number of nitriles is 1. The Labute approximate surface area is 94.5 Å². The van der Waals surface area contributed by atoms with Gasteiger partial charge in [-0.25, -0.2) is 0 Å². The molecule has 0 rings (SSSR count). The molecule has 0 aromatic heterocycles. The average Bonchev–Trinajstić information content (AvgIpc) is 2.26. The van der Waals surface area contributed by atoms with Crippen molar-refractivity contribution in [1.82, 2.24) is 0 Å². The second kappa shape index (κ2) is 13.0. The summed E-state index contributed by atoms with van der Waals surface area (Å²) in [5, 5.41) is 8.27. The molecule has 0 atom stereocenters. The highest BCUT2D eigenvalue weighted by Crippen LogP contribution is 2.07. The lowest BCUT2D eigenvalue weighted by Gasteiger charge is -1.97. The predicted octanol–water partition coefficient (Wildman–Crippen LogP) is 4.76. The maximum absolute atomic E-state index is 8.27. The number of rotatable bonds is 9. The van der Waals surface area contributed by atoms with Gasteiger partial charge in [0.2, 0.25) is 0 Å². The van der Waals surface area contributed by atoms with E-state index in [9.17, 15) is 0 Å². The van der Waals surface area contributed by atoms with Crippen LogP contribution in [0.3, 0.4) is 0 Å². The van der Waals surface area contributed by atoms with Crippen molar-refractivity contribution in [3.05, 3.63) is 24.3 Å². The van der Waals surface area contributed by atoms with Gasteiger partial charge < -0.3 is 0 Å². The Bertz CT molecular complexity index is 208. The molecule has 0 radical (unpaired) electrons. The molecule has 0 spiro atoms. The third-order valence-electron chi connectivity index (χ3n) is 2.34. The summed E-state index contributed by atoms with van der Waals surface area (Å²) in [4.78, 5) is 0. The highest BCUT2D eigenvalue weighted by Gasteiger charge is 1.88. The summed E-state index contributed by atoms with van der Waals surface area (Å²) in [5.41, 5.74) is 0. The highest BCUT2D eigenvalue weighted by atomic mass is 14.2. The number of hydrogen-bond acceptors (Lipinski definition) is 1. The van der Waals surface area contributed by atoms with E-state index < -0.39 is 0 Å². The van der Waals surface area contributed by atoms with Crippen LogP contribution in [0.25, 0.3) is 0 Å². The van der Waals surface area contributed by atoms with Gasteiger partial charge >= 0.3 is 0 Å². The molecule has 0 heterocycles. The molecule has 1 heteroatoms. The Kier molecular flexibility index (Phi) is 12.1. The zero-order chi connectivity index (χ0) is 11.2. The minimum absolute atomic E-state index is 1.06. The fraction of sp³-hybridized carbons (Fsp3) is 0.643. The van der Waals surface area contributed by atoms with Crippen molar-refractivity contribution in [3.8, 4) is 6.07 Å². The molecule has 0 aromatic carbocycles. The van der Waals surface area contributed by atoms with Crippen molar-refractivity contribution in [2.45, 2.75) is 58.3 Å². The van der Waals surface area contributed by atoms with Crippen molar-refractivity contribution >= 4 is 0 Å². The van der Waals surface area contributed by atoms with Crippen LogP contribution in [-0.2, 0) is 0 Å². The smallest absolute Gasteiger partial charge is 0.0908 e. The molecule has 0 fully saturated rings. The van der Waals surface area contributed by atoms with Gasteiger partial charge in [0.05, 0.1) is 6.07 Å². The molecule has 0 saturated carbocycles. The second-order valence-corrected chi connectivity index (χ2v) is 3.76. The van der Waals surface area contributed by atoms with E-state index in [-0.39, 0.29) is 0 Å². The first-order valence-electron chi connectivity index (χ1n) is 6.11. The molecule has 0 aromatic rings. The molecule has 0 saturated heterocycles. The van der Waals surface area contributed by atoms with Gasteiger partial charge in [-0.1, -0.05) is 44.4 Å². The van der Waals surface area contributed by atoms with Gasteiger partial charge in [-0.05, 0) is 32.1 Å². The Balaban J connectivity index is 3.02. The monoisotopic (exact) mass is 205 g/mol. The van der Waals surface area contributed by atoms with Gasteiger partial charge in [-0.15, -0.1) is 0 Å². The highest BCUT2D eigenvalue weighted by molar-refractivity contribution is 5.01. The molecular weight excluding hydrogens is 182 g/mol. The molecule has 0 aliphatic heterocycles. The molecular formula is C14H23N. The van der Waals surface area contributed by atoms with E-state index in [0.717, 1.165) is 12.8 Å². The van der Waals surface area contributed by atoms with Crippen molar-refractivity contribution in [2.75, 3.05) is 0 Å². The SMILES string of the molecule is CCC=CCCCCCCC/C=C\C#N. The van der Waals surface area contributed by atoms with Crippen LogP contribution < -0.4 is 0 Å². The van der Waals surface area contributed by atoms with Crippen LogP contribution >= 0.6 is 0 Å². The van der Waals surface area contributed by atoms with Crippen LogP contribution in [-0.4, -0.2) is 0 Å². The van der Waals surface area contributed by atoms with Gasteiger partial charge in [0.15, 0.2) is 0 Å². The summed E-state index contributed by atoms with van der Waals surface area (Å²) in [7, 11) is 0. The third kappa shape index (κ3) is 13.0. The van der Waals surface area contributed by atoms with Crippen LogP contribution in [0.1, 0.15) is 58.3 Å². The summed E-state index contributed by atoms with van der Waals surface area (Å²) < 4.78 is 0. The largest absolute Gasteiger partial charge is 0.193 e. The maximum Gasteiger partial charge on any atom is 0.0908 e. The van der Waals surface area contributed by atoms with Gasteiger partial charge in [-0.3, -0.25) is 0 Å². The molecule has 0 aliphatic carbocycles. The first kappa shape index (κ1) is 14.0. The molecule has 0 amide bonds. The zero-order valence-electron chi connectivity index (χ0n) is 9.91. The minimum Gasteiger partial charge on any atom is -0.193 e. The van der Waals surface area contributed by atoms with Crippen LogP contribution in [0.5, 0.6) is 0 Å². The van der Waals surface area contributed by atoms with E-state index >= 15 is 0 Å². The third-order valence-corrected chi connectivity index (χ3v) is 2.34. The minimum atomic E-state index is 1.06. The molecule has 0 bridgehead atoms. The average molecular weight is 205 g/mol. The lowest BCUT2D eigenvalue weighted by atomic mass is 10.1. The van der Waals surface area contributed by atoms with Gasteiger partial charge in [0.25, 0.3) is 0 Å². The topological polar surface area (TPSA) is 23.8 Å². The Morgan fingerprint density at radius 2 is 1.47 bits per heavy atom.